The predicted octanol–water partition coefficient (Wildman–Crippen LogP) is 4.14. The molecular weight excluding hydrogens is 278 g/mol. The Kier molecular flexibility index (Phi) is 4.85. The van der Waals surface area contributed by atoms with E-state index in [2.05, 4.69) is 31.0 Å². The fourth-order valence-electron chi connectivity index (χ4n) is 2.77. The lowest BCUT2D eigenvalue weighted by Gasteiger charge is -2.21. The van der Waals surface area contributed by atoms with Crippen molar-refractivity contribution in [1.29, 1.82) is 0 Å². The smallest absolute Gasteiger partial charge is 0.186 e. The molecule has 3 nitrogen and oxygen atoms in total. The minimum Gasteiger partial charge on any atom is -0.345 e. The van der Waals surface area contributed by atoms with Gasteiger partial charge in [0.15, 0.2) is 5.13 Å². The van der Waals surface area contributed by atoms with Gasteiger partial charge in [-0.1, -0.05) is 20.8 Å². The number of hydrogen-bond acceptors (Lipinski definition) is 4. The zero-order valence-corrected chi connectivity index (χ0v) is 14.5. The average Bonchev–Trinajstić information content (AvgIpc) is 3.40. The molecule has 118 valence electrons. The summed E-state index contributed by atoms with van der Waals surface area (Å²) >= 11 is 1.94. The molecule has 0 spiro atoms. The fraction of sp³-hybridized carbons (Fsp3) is 0.824. The molecule has 0 amide bonds. The van der Waals surface area contributed by atoms with Crippen LogP contribution in [0.25, 0.3) is 0 Å². The molecular formula is C17H29N3S. The van der Waals surface area contributed by atoms with Crippen LogP contribution in [0.15, 0.2) is 0 Å². The van der Waals surface area contributed by atoms with E-state index in [4.69, 9.17) is 4.98 Å². The van der Waals surface area contributed by atoms with Gasteiger partial charge < -0.3 is 10.2 Å². The van der Waals surface area contributed by atoms with Gasteiger partial charge in [0.2, 0.25) is 0 Å². The third-order valence-corrected chi connectivity index (χ3v) is 5.82. The van der Waals surface area contributed by atoms with Gasteiger partial charge in [-0.3, -0.25) is 0 Å². The first-order valence-electron chi connectivity index (χ1n) is 8.69. The summed E-state index contributed by atoms with van der Waals surface area (Å²) in [6.45, 7) is 10.0. The predicted molar refractivity (Wildman–Crippen MR) is 91.3 cm³/mol. The van der Waals surface area contributed by atoms with Gasteiger partial charge in [-0.25, -0.2) is 4.98 Å². The molecule has 2 fully saturated rings. The Labute approximate surface area is 133 Å². The zero-order valence-electron chi connectivity index (χ0n) is 13.7. The third-order valence-electron chi connectivity index (χ3n) is 4.72. The molecule has 1 N–H and O–H groups in total. The Morgan fingerprint density at radius 3 is 2.62 bits per heavy atom. The number of anilines is 1. The van der Waals surface area contributed by atoms with Gasteiger partial charge >= 0.3 is 0 Å². The Balaban J connectivity index is 1.80. The molecule has 1 aromatic heterocycles. The van der Waals surface area contributed by atoms with Crippen LogP contribution >= 0.6 is 11.3 Å². The Hall–Kier alpha value is -0.610. The first kappa shape index (κ1) is 15.3. The van der Waals surface area contributed by atoms with Crippen molar-refractivity contribution in [2.75, 3.05) is 18.0 Å². The van der Waals surface area contributed by atoms with Crippen molar-refractivity contribution < 1.29 is 0 Å². The highest BCUT2D eigenvalue weighted by atomic mass is 32.1. The number of hydrogen-bond donors (Lipinski definition) is 1. The molecule has 2 aliphatic rings. The van der Waals surface area contributed by atoms with Crippen molar-refractivity contribution >= 4 is 16.5 Å². The summed E-state index contributed by atoms with van der Waals surface area (Å²) < 4.78 is 0. The van der Waals surface area contributed by atoms with Crippen molar-refractivity contribution in [2.45, 2.75) is 71.4 Å². The maximum absolute atomic E-state index is 5.08. The lowest BCUT2D eigenvalue weighted by molar-refractivity contribution is 0.672. The van der Waals surface area contributed by atoms with Crippen molar-refractivity contribution in [3.8, 4) is 0 Å². The van der Waals surface area contributed by atoms with Crippen LogP contribution in [-0.4, -0.2) is 24.1 Å². The van der Waals surface area contributed by atoms with Gasteiger partial charge in [-0.2, -0.15) is 0 Å². The van der Waals surface area contributed by atoms with E-state index in [1.807, 2.05) is 11.3 Å². The standard InChI is InChI=1S/C17H29N3S/c1-4-12(3)16-15(10-18-5-2)21-17(19-16)20(14-8-9-14)11-13-6-7-13/h12-14,18H,4-11H2,1-3H3. The number of aromatic nitrogens is 1. The summed E-state index contributed by atoms with van der Waals surface area (Å²) in [7, 11) is 0. The molecule has 2 saturated carbocycles. The van der Waals surface area contributed by atoms with Crippen molar-refractivity contribution in [3.63, 3.8) is 0 Å². The highest BCUT2D eigenvalue weighted by Crippen LogP contribution is 2.41. The number of thiazole rings is 1. The van der Waals surface area contributed by atoms with Crippen LogP contribution in [-0.2, 0) is 6.54 Å². The van der Waals surface area contributed by atoms with Gasteiger partial charge in [0, 0.05) is 24.0 Å². The van der Waals surface area contributed by atoms with E-state index in [9.17, 15) is 0 Å². The van der Waals surface area contributed by atoms with Crippen LogP contribution in [0.5, 0.6) is 0 Å². The molecule has 1 unspecified atom stereocenters. The minimum atomic E-state index is 0.575. The number of nitrogens with one attached hydrogen (secondary N) is 1. The molecule has 1 atom stereocenters. The Morgan fingerprint density at radius 1 is 1.29 bits per heavy atom. The van der Waals surface area contributed by atoms with Crippen molar-refractivity contribution in [2.24, 2.45) is 5.92 Å². The molecule has 21 heavy (non-hydrogen) atoms. The van der Waals surface area contributed by atoms with Gasteiger partial charge in [0.1, 0.15) is 0 Å². The van der Waals surface area contributed by atoms with Crippen LogP contribution < -0.4 is 10.2 Å². The highest BCUT2D eigenvalue weighted by molar-refractivity contribution is 7.15. The van der Waals surface area contributed by atoms with Crippen LogP contribution in [0.1, 0.15) is 69.4 Å². The summed E-state index contributed by atoms with van der Waals surface area (Å²) in [5.41, 5.74) is 1.35. The second kappa shape index (κ2) is 6.66. The van der Waals surface area contributed by atoms with E-state index in [0.717, 1.165) is 25.0 Å². The van der Waals surface area contributed by atoms with E-state index >= 15 is 0 Å². The van der Waals surface area contributed by atoms with Crippen LogP contribution in [0.4, 0.5) is 5.13 Å². The molecule has 0 bridgehead atoms. The monoisotopic (exact) mass is 307 g/mol. The highest BCUT2D eigenvalue weighted by Gasteiger charge is 2.35. The average molecular weight is 308 g/mol. The molecule has 1 aromatic rings. The summed E-state index contributed by atoms with van der Waals surface area (Å²) in [5.74, 6) is 1.52. The lowest BCUT2D eigenvalue weighted by atomic mass is 10.0. The summed E-state index contributed by atoms with van der Waals surface area (Å²) in [6, 6.07) is 0.786. The maximum atomic E-state index is 5.08. The summed E-state index contributed by atoms with van der Waals surface area (Å²) in [6.07, 6.45) is 6.77. The van der Waals surface area contributed by atoms with E-state index in [1.54, 1.807) is 0 Å². The normalized spacial score (nSPS) is 19.8. The number of rotatable bonds is 9. The second-order valence-corrected chi connectivity index (χ2v) is 7.78. The van der Waals surface area contributed by atoms with Crippen molar-refractivity contribution in [1.82, 2.24) is 10.3 Å². The second-order valence-electron chi connectivity index (χ2n) is 6.72. The SMILES string of the molecule is CCNCc1sc(N(CC2CC2)C2CC2)nc1C(C)CC. The molecule has 0 aromatic carbocycles. The van der Waals surface area contributed by atoms with E-state index in [0.29, 0.717) is 5.92 Å². The Morgan fingerprint density at radius 2 is 2.05 bits per heavy atom. The molecule has 0 radical (unpaired) electrons. The van der Waals surface area contributed by atoms with Gasteiger partial charge in [0.25, 0.3) is 0 Å². The topological polar surface area (TPSA) is 28.2 Å². The molecule has 3 rings (SSSR count). The zero-order chi connectivity index (χ0) is 14.8. The van der Waals surface area contributed by atoms with Crippen LogP contribution in [0.2, 0.25) is 0 Å². The quantitative estimate of drug-likeness (QED) is 0.743. The van der Waals surface area contributed by atoms with Crippen LogP contribution in [0, 0.1) is 5.92 Å². The molecule has 0 aliphatic heterocycles. The van der Waals surface area contributed by atoms with E-state index in [-0.39, 0.29) is 0 Å². The lowest BCUT2D eigenvalue weighted by Crippen LogP contribution is -2.27. The summed E-state index contributed by atoms with van der Waals surface area (Å²) in [4.78, 5) is 9.17. The van der Waals surface area contributed by atoms with Gasteiger partial charge in [-0.05, 0) is 50.5 Å². The number of nitrogens with zero attached hydrogens (tertiary/aromatic N) is 2. The molecule has 4 heteroatoms. The van der Waals surface area contributed by atoms with E-state index < -0.39 is 0 Å². The maximum Gasteiger partial charge on any atom is 0.186 e. The van der Waals surface area contributed by atoms with Gasteiger partial charge in [-0.15, -0.1) is 11.3 Å². The Bertz CT molecular complexity index is 463. The molecule has 2 aliphatic carbocycles. The first-order chi connectivity index (χ1) is 10.2. The molecule has 1 heterocycles. The van der Waals surface area contributed by atoms with E-state index in [1.165, 1.54) is 54.4 Å². The van der Waals surface area contributed by atoms with Crippen LogP contribution in [0.3, 0.4) is 0 Å². The third kappa shape index (κ3) is 3.78. The minimum absolute atomic E-state index is 0.575. The van der Waals surface area contributed by atoms with Gasteiger partial charge in [0.05, 0.1) is 5.69 Å². The first-order valence-corrected chi connectivity index (χ1v) is 9.51. The van der Waals surface area contributed by atoms with Crippen molar-refractivity contribution in [3.05, 3.63) is 10.6 Å². The molecule has 0 saturated heterocycles. The fourth-order valence-corrected chi connectivity index (χ4v) is 4.00. The summed E-state index contributed by atoms with van der Waals surface area (Å²) in [5, 5.41) is 4.78. The largest absolute Gasteiger partial charge is 0.345 e.